The van der Waals surface area contributed by atoms with Crippen LogP contribution in [-0.2, 0) is 13.1 Å². The number of benzene rings is 2. The molecule has 5 heteroatoms. The largest absolute Gasteiger partial charge is 0.380 e. The van der Waals surface area contributed by atoms with E-state index >= 15 is 0 Å². The highest BCUT2D eigenvalue weighted by molar-refractivity contribution is 7.12. The maximum Gasteiger partial charge on any atom is 0.125 e. The van der Waals surface area contributed by atoms with Crippen molar-refractivity contribution < 1.29 is 8.78 Å². The molecule has 2 aromatic carbocycles. The van der Waals surface area contributed by atoms with Crippen LogP contribution in [0.15, 0.2) is 60.7 Å². The Bertz CT molecular complexity index is 722. The molecule has 1 heterocycles. The average Bonchev–Trinajstić information content (AvgIpc) is 2.99. The van der Waals surface area contributed by atoms with Gasteiger partial charge in [0.1, 0.15) is 11.6 Å². The lowest BCUT2D eigenvalue weighted by Crippen LogP contribution is -1.98. The Morgan fingerprint density at radius 1 is 0.696 bits per heavy atom. The fourth-order valence-electron chi connectivity index (χ4n) is 2.19. The number of hydrogen-bond acceptors (Lipinski definition) is 3. The predicted molar refractivity (Wildman–Crippen MR) is 91.8 cm³/mol. The molecule has 0 fully saturated rings. The van der Waals surface area contributed by atoms with E-state index in [4.69, 9.17) is 0 Å². The van der Waals surface area contributed by atoms with E-state index in [2.05, 4.69) is 10.6 Å². The van der Waals surface area contributed by atoms with Crippen molar-refractivity contribution in [1.82, 2.24) is 0 Å². The maximum atomic E-state index is 13.1. The molecule has 0 amide bonds. The summed E-state index contributed by atoms with van der Waals surface area (Å²) in [6.45, 7) is 1.29. The predicted octanol–water partition coefficient (Wildman–Crippen LogP) is 5.25. The minimum absolute atomic E-state index is 0.249. The summed E-state index contributed by atoms with van der Waals surface area (Å²) in [6.07, 6.45) is 0. The van der Waals surface area contributed by atoms with Crippen molar-refractivity contribution >= 4 is 22.7 Å². The molecule has 0 saturated heterocycles. The molecule has 2 nitrogen and oxygen atoms in total. The summed E-state index contributed by atoms with van der Waals surface area (Å²) in [4.78, 5) is 2.32. The number of anilines is 2. The van der Waals surface area contributed by atoms with Crippen LogP contribution in [0.2, 0.25) is 0 Å². The molecule has 0 unspecified atom stereocenters. The Morgan fingerprint density at radius 3 is 1.61 bits per heavy atom. The number of thiophene rings is 1. The van der Waals surface area contributed by atoms with Crippen LogP contribution in [0.3, 0.4) is 0 Å². The van der Waals surface area contributed by atoms with Gasteiger partial charge in [-0.3, -0.25) is 0 Å². The zero-order valence-corrected chi connectivity index (χ0v) is 13.2. The summed E-state index contributed by atoms with van der Waals surface area (Å²) >= 11 is 1.67. The van der Waals surface area contributed by atoms with E-state index in [0.29, 0.717) is 13.1 Å². The molecule has 23 heavy (non-hydrogen) atoms. The first-order valence-corrected chi connectivity index (χ1v) is 8.07. The number of hydrogen-bond donors (Lipinski definition) is 2. The molecule has 0 radical (unpaired) electrons. The number of halogens is 2. The van der Waals surface area contributed by atoms with E-state index in [-0.39, 0.29) is 11.6 Å². The van der Waals surface area contributed by atoms with Crippen LogP contribution in [0.4, 0.5) is 20.2 Å². The second-order valence-corrected chi connectivity index (χ2v) is 6.35. The monoisotopic (exact) mass is 330 g/mol. The second kappa shape index (κ2) is 7.24. The van der Waals surface area contributed by atoms with E-state index in [1.54, 1.807) is 23.5 Å². The van der Waals surface area contributed by atoms with Crippen molar-refractivity contribution in [2.24, 2.45) is 0 Å². The fourth-order valence-corrected chi connectivity index (χ4v) is 3.09. The first kappa shape index (κ1) is 15.5. The Morgan fingerprint density at radius 2 is 1.17 bits per heavy atom. The molecule has 0 bridgehead atoms. The summed E-state index contributed by atoms with van der Waals surface area (Å²) < 4.78 is 26.2. The van der Waals surface area contributed by atoms with Crippen molar-refractivity contribution in [3.05, 3.63) is 82.1 Å². The molecule has 3 aromatic rings. The molecule has 3 rings (SSSR count). The Hall–Kier alpha value is -2.40. The summed E-state index contributed by atoms with van der Waals surface area (Å²) in [5, 5.41) is 6.39. The van der Waals surface area contributed by atoms with Crippen LogP contribution in [0.1, 0.15) is 9.75 Å². The molecule has 0 aliphatic rings. The third-order valence-corrected chi connectivity index (χ3v) is 4.39. The van der Waals surface area contributed by atoms with Gasteiger partial charge in [-0.25, -0.2) is 8.78 Å². The van der Waals surface area contributed by atoms with Gasteiger partial charge in [0.05, 0.1) is 0 Å². The van der Waals surface area contributed by atoms with Gasteiger partial charge in [0.25, 0.3) is 0 Å². The van der Waals surface area contributed by atoms with E-state index in [1.807, 2.05) is 24.3 Å². The van der Waals surface area contributed by atoms with E-state index in [9.17, 15) is 8.78 Å². The summed E-state index contributed by atoms with van der Waals surface area (Å²) in [5.41, 5.74) is 1.52. The van der Waals surface area contributed by atoms with Gasteiger partial charge in [0.15, 0.2) is 0 Å². The molecule has 0 aliphatic heterocycles. The standard InChI is InChI=1S/C18H16F2N2S/c19-13-3-1-5-15(9-13)21-11-17-7-8-18(23-17)12-22-16-6-2-4-14(20)10-16/h1-10,21-22H,11-12H2. The smallest absolute Gasteiger partial charge is 0.125 e. The van der Waals surface area contributed by atoms with Crippen molar-refractivity contribution in [3.63, 3.8) is 0 Å². The Balaban J connectivity index is 1.53. The van der Waals surface area contributed by atoms with E-state index in [1.165, 1.54) is 24.3 Å². The highest BCUT2D eigenvalue weighted by atomic mass is 32.1. The molecule has 0 saturated carbocycles. The lowest BCUT2D eigenvalue weighted by atomic mass is 10.3. The first-order chi connectivity index (χ1) is 11.2. The van der Waals surface area contributed by atoms with Crippen LogP contribution in [-0.4, -0.2) is 0 Å². The van der Waals surface area contributed by atoms with Crippen molar-refractivity contribution in [1.29, 1.82) is 0 Å². The highest BCUT2D eigenvalue weighted by Gasteiger charge is 2.02. The molecule has 0 aliphatic carbocycles. The lowest BCUT2D eigenvalue weighted by molar-refractivity contribution is 0.628. The summed E-state index contributed by atoms with van der Waals surface area (Å²) in [6, 6.07) is 16.9. The Labute approximate surface area is 137 Å². The fraction of sp³-hybridized carbons (Fsp3) is 0.111. The number of nitrogens with one attached hydrogen (secondary N) is 2. The van der Waals surface area contributed by atoms with Crippen molar-refractivity contribution in [3.8, 4) is 0 Å². The molecule has 118 valence electrons. The van der Waals surface area contributed by atoms with Crippen LogP contribution in [0, 0.1) is 11.6 Å². The van der Waals surface area contributed by atoms with Gasteiger partial charge in [-0.05, 0) is 48.5 Å². The van der Waals surface area contributed by atoms with Gasteiger partial charge in [-0.1, -0.05) is 12.1 Å². The van der Waals surface area contributed by atoms with E-state index in [0.717, 1.165) is 21.1 Å². The van der Waals surface area contributed by atoms with Gasteiger partial charge < -0.3 is 10.6 Å². The minimum atomic E-state index is -0.249. The van der Waals surface area contributed by atoms with Crippen molar-refractivity contribution in [2.45, 2.75) is 13.1 Å². The molecule has 0 spiro atoms. The van der Waals surface area contributed by atoms with Gasteiger partial charge in [0, 0.05) is 34.2 Å². The zero-order chi connectivity index (χ0) is 16.1. The van der Waals surface area contributed by atoms with Gasteiger partial charge in [-0.2, -0.15) is 0 Å². The highest BCUT2D eigenvalue weighted by Crippen LogP contribution is 2.20. The summed E-state index contributed by atoms with van der Waals surface area (Å²) in [7, 11) is 0. The zero-order valence-electron chi connectivity index (χ0n) is 12.4. The SMILES string of the molecule is Fc1cccc(NCc2ccc(CNc3cccc(F)c3)s2)c1. The van der Waals surface area contributed by atoms with Crippen LogP contribution >= 0.6 is 11.3 Å². The third-order valence-electron chi connectivity index (χ3n) is 3.30. The van der Waals surface area contributed by atoms with Crippen molar-refractivity contribution in [2.75, 3.05) is 10.6 Å². The third kappa shape index (κ3) is 4.53. The summed E-state index contributed by atoms with van der Waals surface area (Å²) in [5.74, 6) is -0.498. The van der Waals surface area contributed by atoms with Crippen LogP contribution in [0.25, 0.3) is 0 Å². The van der Waals surface area contributed by atoms with Gasteiger partial charge in [-0.15, -0.1) is 11.3 Å². The molecular weight excluding hydrogens is 314 g/mol. The lowest BCUT2D eigenvalue weighted by Gasteiger charge is -2.05. The quantitative estimate of drug-likeness (QED) is 0.645. The van der Waals surface area contributed by atoms with Crippen LogP contribution < -0.4 is 10.6 Å². The second-order valence-electron chi connectivity index (χ2n) is 5.10. The molecule has 2 N–H and O–H groups in total. The normalized spacial score (nSPS) is 10.5. The van der Waals surface area contributed by atoms with Crippen LogP contribution in [0.5, 0.6) is 0 Å². The molecular formula is C18H16F2N2S. The topological polar surface area (TPSA) is 24.1 Å². The number of rotatable bonds is 6. The van der Waals surface area contributed by atoms with Gasteiger partial charge in [0.2, 0.25) is 0 Å². The average molecular weight is 330 g/mol. The minimum Gasteiger partial charge on any atom is -0.380 e. The van der Waals surface area contributed by atoms with E-state index < -0.39 is 0 Å². The Kier molecular flexibility index (Phi) is 4.88. The molecule has 1 aromatic heterocycles. The molecule has 0 atom stereocenters. The van der Waals surface area contributed by atoms with Gasteiger partial charge >= 0.3 is 0 Å². The first-order valence-electron chi connectivity index (χ1n) is 7.25. The maximum absolute atomic E-state index is 13.1.